The monoisotopic (exact) mass is 212 g/mol. The van der Waals surface area contributed by atoms with Crippen molar-refractivity contribution < 1.29 is 14.3 Å². The number of rotatable bonds is 7. The first-order valence-electron chi connectivity index (χ1n) is 5.34. The fourth-order valence-corrected chi connectivity index (χ4v) is 1.15. The minimum absolute atomic E-state index is 0.191. The van der Waals surface area contributed by atoms with Gasteiger partial charge in [-0.2, -0.15) is 0 Å². The molecule has 0 amide bonds. The Morgan fingerprint density at radius 2 is 1.87 bits per heavy atom. The topological polar surface area (TPSA) is 43.4 Å². The van der Waals surface area contributed by atoms with E-state index in [0.717, 1.165) is 6.42 Å². The summed E-state index contributed by atoms with van der Waals surface area (Å²) < 4.78 is 4.53. The SMILES string of the molecule is CCC(=O)CCC(C)=CCCC(=O)OC. The highest BCUT2D eigenvalue weighted by atomic mass is 16.5. The molecule has 0 radical (unpaired) electrons. The predicted molar refractivity (Wildman–Crippen MR) is 59.5 cm³/mol. The predicted octanol–water partition coefficient (Wildman–Crippen LogP) is 2.65. The second-order valence-corrected chi connectivity index (χ2v) is 3.56. The van der Waals surface area contributed by atoms with Gasteiger partial charge in [0.1, 0.15) is 5.78 Å². The molecule has 0 aromatic rings. The molecule has 0 rings (SSSR count). The highest BCUT2D eigenvalue weighted by Gasteiger charge is 2.00. The van der Waals surface area contributed by atoms with Gasteiger partial charge < -0.3 is 4.74 Å². The van der Waals surface area contributed by atoms with Gasteiger partial charge >= 0.3 is 5.97 Å². The van der Waals surface area contributed by atoms with Crippen LogP contribution in [0.25, 0.3) is 0 Å². The molecule has 0 saturated heterocycles. The second-order valence-electron chi connectivity index (χ2n) is 3.56. The van der Waals surface area contributed by atoms with Crippen LogP contribution in [0.2, 0.25) is 0 Å². The zero-order chi connectivity index (χ0) is 11.7. The number of hydrogen-bond acceptors (Lipinski definition) is 3. The van der Waals surface area contributed by atoms with Gasteiger partial charge in [-0.1, -0.05) is 18.6 Å². The molecule has 0 fully saturated rings. The van der Waals surface area contributed by atoms with Gasteiger partial charge in [0.15, 0.2) is 0 Å². The lowest BCUT2D eigenvalue weighted by molar-refractivity contribution is -0.140. The number of ether oxygens (including phenoxy) is 1. The lowest BCUT2D eigenvalue weighted by Crippen LogP contribution is -1.98. The smallest absolute Gasteiger partial charge is 0.305 e. The molecular weight excluding hydrogens is 192 g/mol. The molecule has 0 aliphatic rings. The van der Waals surface area contributed by atoms with E-state index in [0.29, 0.717) is 25.7 Å². The molecular formula is C12H20O3. The van der Waals surface area contributed by atoms with Crippen LogP contribution in [0.5, 0.6) is 0 Å². The normalized spacial score (nSPS) is 11.3. The number of carbonyl (C=O) groups excluding carboxylic acids is 2. The summed E-state index contributed by atoms with van der Waals surface area (Å²) >= 11 is 0. The highest BCUT2D eigenvalue weighted by molar-refractivity contribution is 5.78. The molecule has 0 aliphatic heterocycles. The Labute approximate surface area is 91.5 Å². The van der Waals surface area contributed by atoms with Crippen molar-refractivity contribution in [2.75, 3.05) is 7.11 Å². The van der Waals surface area contributed by atoms with Crippen molar-refractivity contribution >= 4 is 11.8 Å². The van der Waals surface area contributed by atoms with Crippen LogP contribution in [-0.2, 0) is 14.3 Å². The van der Waals surface area contributed by atoms with Gasteiger partial charge in [-0.05, 0) is 19.8 Å². The number of carbonyl (C=O) groups is 2. The van der Waals surface area contributed by atoms with Gasteiger partial charge in [-0.15, -0.1) is 0 Å². The first-order chi connectivity index (χ1) is 7.10. The first kappa shape index (κ1) is 13.9. The Bertz CT molecular complexity index is 241. The fraction of sp³-hybridized carbons (Fsp3) is 0.667. The zero-order valence-electron chi connectivity index (χ0n) is 9.84. The summed E-state index contributed by atoms with van der Waals surface area (Å²) in [6.07, 6.45) is 5.12. The molecule has 0 bridgehead atoms. The van der Waals surface area contributed by atoms with E-state index in [1.807, 2.05) is 19.9 Å². The zero-order valence-corrected chi connectivity index (χ0v) is 9.84. The first-order valence-corrected chi connectivity index (χ1v) is 5.34. The lowest BCUT2D eigenvalue weighted by Gasteiger charge is -2.00. The molecule has 0 unspecified atom stereocenters. The number of Topliss-reactive ketones (excluding diaryl/α,β-unsaturated/α-hetero) is 1. The van der Waals surface area contributed by atoms with Gasteiger partial charge in [0.25, 0.3) is 0 Å². The van der Waals surface area contributed by atoms with Crippen LogP contribution in [0.3, 0.4) is 0 Å². The Morgan fingerprint density at radius 3 is 2.40 bits per heavy atom. The van der Waals surface area contributed by atoms with Crippen molar-refractivity contribution in [3.05, 3.63) is 11.6 Å². The molecule has 0 atom stereocenters. The third-order valence-electron chi connectivity index (χ3n) is 2.26. The van der Waals surface area contributed by atoms with Crippen LogP contribution in [0, 0.1) is 0 Å². The maximum atomic E-state index is 11.0. The van der Waals surface area contributed by atoms with Crippen molar-refractivity contribution in [3.63, 3.8) is 0 Å². The van der Waals surface area contributed by atoms with Gasteiger partial charge in [-0.3, -0.25) is 9.59 Å². The van der Waals surface area contributed by atoms with Crippen molar-refractivity contribution in [2.24, 2.45) is 0 Å². The quantitative estimate of drug-likeness (QED) is 0.481. The molecule has 3 nitrogen and oxygen atoms in total. The third-order valence-corrected chi connectivity index (χ3v) is 2.26. The van der Waals surface area contributed by atoms with Crippen LogP contribution in [0.15, 0.2) is 11.6 Å². The van der Waals surface area contributed by atoms with E-state index < -0.39 is 0 Å². The number of hydrogen-bond donors (Lipinski definition) is 0. The largest absolute Gasteiger partial charge is 0.469 e. The van der Waals surface area contributed by atoms with Crippen LogP contribution < -0.4 is 0 Å². The number of esters is 1. The van der Waals surface area contributed by atoms with E-state index >= 15 is 0 Å². The van der Waals surface area contributed by atoms with Crippen molar-refractivity contribution in [3.8, 4) is 0 Å². The standard InChI is InChI=1S/C12H20O3/c1-4-11(13)9-8-10(2)6-5-7-12(14)15-3/h6H,4-5,7-9H2,1-3H3. The average Bonchev–Trinajstić information content (AvgIpc) is 2.25. The van der Waals surface area contributed by atoms with Crippen molar-refractivity contribution in [2.45, 2.75) is 46.0 Å². The van der Waals surface area contributed by atoms with Gasteiger partial charge in [-0.25, -0.2) is 0 Å². The molecule has 0 saturated carbocycles. The summed E-state index contributed by atoms with van der Waals surface area (Å²) in [7, 11) is 1.39. The van der Waals surface area contributed by atoms with Crippen molar-refractivity contribution in [1.29, 1.82) is 0 Å². The summed E-state index contributed by atoms with van der Waals surface area (Å²) in [4.78, 5) is 21.8. The number of ketones is 1. The summed E-state index contributed by atoms with van der Waals surface area (Å²) in [5.74, 6) is 0.0967. The fourth-order valence-electron chi connectivity index (χ4n) is 1.15. The van der Waals surface area contributed by atoms with Crippen LogP contribution in [0.1, 0.15) is 46.0 Å². The summed E-state index contributed by atoms with van der Waals surface area (Å²) in [5, 5.41) is 0. The van der Waals surface area contributed by atoms with E-state index in [9.17, 15) is 9.59 Å². The summed E-state index contributed by atoms with van der Waals surface area (Å²) in [5.41, 5.74) is 1.17. The van der Waals surface area contributed by atoms with E-state index in [4.69, 9.17) is 0 Å². The number of allylic oxidation sites excluding steroid dienone is 2. The van der Waals surface area contributed by atoms with Gasteiger partial charge in [0.05, 0.1) is 7.11 Å². The lowest BCUT2D eigenvalue weighted by atomic mass is 10.1. The van der Waals surface area contributed by atoms with E-state index in [1.165, 1.54) is 12.7 Å². The molecule has 0 spiro atoms. The van der Waals surface area contributed by atoms with E-state index in [2.05, 4.69) is 4.74 Å². The Morgan fingerprint density at radius 1 is 1.20 bits per heavy atom. The second kappa shape index (κ2) is 8.21. The Balaban J connectivity index is 3.70. The number of methoxy groups -OCH3 is 1. The average molecular weight is 212 g/mol. The van der Waals surface area contributed by atoms with Crippen molar-refractivity contribution in [1.82, 2.24) is 0 Å². The molecule has 3 heteroatoms. The molecule has 0 aromatic carbocycles. The molecule has 0 aromatic heterocycles. The minimum Gasteiger partial charge on any atom is -0.469 e. The van der Waals surface area contributed by atoms with Gasteiger partial charge in [0, 0.05) is 19.3 Å². The molecule has 15 heavy (non-hydrogen) atoms. The Kier molecular flexibility index (Phi) is 7.60. The molecule has 86 valence electrons. The highest BCUT2D eigenvalue weighted by Crippen LogP contribution is 2.08. The Hall–Kier alpha value is -1.12. The molecule has 0 heterocycles. The summed E-state index contributed by atoms with van der Waals surface area (Å²) in [6.45, 7) is 3.86. The molecule has 0 N–H and O–H groups in total. The van der Waals surface area contributed by atoms with E-state index in [1.54, 1.807) is 0 Å². The van der Waals surface area contributed by atoms with Crippen LogP contribution in [-0.4, -0.2) is 18.9 Å². The maximum Gasteiger partial charge on any atom is 0.305 e. The van der Waals surface area contributed by atoms with E-state index in [-0.39, 0.29) is 11.8 Å². The minimum atomic E-state index is -0.191. The third kappa shape index (κ3) is 7.91. The van der Waals surface area contributed by atoms with Crippen LogP contribution >= 0.6 is 0 Å². The maximum absolute atomic E-state index is 11.0. The molecule has 0 aliphatic carbocycles. The van der Waals surface area contributed by atoms with Crippen LogP contribution in [0.4, 0.5) is 0 Å². The summed E-state index contributed by atoms with van der Waals surface area (Å²) in [6, 6.07) is 0. The van der Waals surface area contributed by atoms with Gasteiger partial charge in [0.2, 0.25) is 0 Å².